The first kappa shape index (κ1) is 11.9. The van der Waals surface area contributed by atoms with Crippen molar-refractivity contribution in [3.05, 3.63) is 157 Å². The van der Waals surface area contributed by atoms with E-state index in [2.05, 4.69) is 0 Å². The molecule has 0 saturated carbocycles. The molecule has 0 aliphatic rings. The van der Waals surface area contributed by atoms with Gasteiger partial charge in [-0.1, -0.05) is 145 Å². The number of para-hydroxylation sites is 2. The van der Waals surface area contributed by atoms with Crippen molar-refractivity contribution >= 4 is 54.3 Å². The smallest absolute Gasteiger partial charge is 0.143 e. The summed E-state index contributed by atoms with van der Waals surface area (Å²) < 4.78 is 177. The summed E-state index contributed by atoms with van der Waals surface area (Å²) in [7, 11) is 0. The highest BCUT2D eigenvalue weighted by Gasteiger charge is 2.17. The highest BCUT2D eigenvalue weighted by Crippen LogP contribution is 2.44. The third-order valence-corrected chi connectivity index (χ3v) is 7.42. The molecule has 9 rings (SSSR count). The molecule has 1 aromatic heterocycles. The summed E-state index contributed by atoms with van der Waals surface area (Å²) in [5.41, 5.74) is -1.59. The van der Waals surface area contributed by atoms with Crippen LogP contribution < -0.4 is 0 Å². The molecule has 0 fully saturated rings. The zero-order chi connectivity index (χ0) is 44.9. The van der Waals surface area contributed by atoms with E-state index in [4.69, 9.17) is 16.8 Å². The van der Waals surface area contributed by atoms with Crippen LogP contribution in [0.3, 0.4) is 0 Å². The molecule has 0 radical (unpaired) electrons. The topological polar surface area (TPSA) is 13.1 Å². The maximum Gasteiger partial charge on any atom is 0.143 e. The van der Waals surface area contributed by atoms with Crippen molar-refractivity contribution in [2.75, 3.05) is 0 Å². The van der Waals surface area contributed by atoms with E-state index in [1.807, 2.05) is 6.07 Å². The summed E-state index contributed by atoms with van der Waals surface area (Å²) in [6.45, 7) is 0. The van der Waals surface area contributed by atoms with E-state index in [0.717, 1.165) is 5.39 Å². The Labute approximate surface area is 275 Å². The monoisotopic (exact) mass is 565 g/mol. The molecule has 200 valence electrons. The Bertz CT molecular complexity index is 3460. The van der Waals surface area contributed by atoms with Gasteiger partial charge in [-0.3, -0.25) is 0 Å². The summed E-state index contributed by atoms with van der Waals surface area (Å²) in [5.74, 6) is 0. The largest absolute Gasteiger partial charge is 0.455 e. The Hall–Kier alpha value is -5.66. The molecule has 0 atom stereocenters. The maximum atomic E-state index is 9.49. The summed E-state index contributed by atoms with van der Waals surface area (Å²) in [6.07, 6.45) is 0. The number of furan rings is 1. The Morgan fingerprint density at radius 2 is 0.977 bits per heavy atom. The van der Waals surface area contributed by atoms with Crippen LogP contribution >= 0.6 is 0 Å². The molecule has 0 saturated heterocycles. The fourth-order valence-corrected chi connectivity index (χ4v) is 5.55. The molecule has 1 nitrogen and oxygen atoms in total. The van der Waals surface area contributed by atoms with E-state index in [9.17, 15) is 13.7 Å². The SMILES string of the molecule is [2H]c1c([2H])c(-c2c3c([2H])c([2H])c([2H])c([2H])c3c(-c3c([2H])c([2H])c4c([2H])c([2H])c([2H])c([2H])c4c3[2H])c3c([2H])c([2H])c([2H])c([2H])c23)c([2H])c([2H])c1-c1cccc2c1oc1ccccc12. The number of fused-ring (bicyclic) bond motifs is 6. The third kappa shape index (κ3) is 3.72. The van der Waals surface area contributed by atoms with E-state index >= 15 is 0 Å². The molecule has 1 heterocycles. The highest BCUT2D eigenvalue weighted by atomic mass is 16.3. The van der Waals surface area contributed by atoms with Gasteiger partial charge in [0.15, 0.2) is 0 Å². The lowest BCUT2D eigenvalue weighted by molar-refractivity contribution is 0.670. The van der Waals surface area contributed by atoms with Crippen LogP contribution in [0.4, 0.5) is 0 Å². The van der Waals surface area contributed by atoms with Crippen LogP contribution in [0.5, 0.6) is 0 Å². The minimum atomic E-state index is -0.865. The second-order valence-corrected chi connectivity index (χ2v) is 9.78. The average Bonchev–Trinajstić information content (AvgIpc) is 3.64. The van der Waals surface area contributed by atoms with Gasteiger partial charge in [-0.15, -0.1) is 0 Å². The third-order valence-electron chi connectivity index (χ3n) is 7.42. The van der Waals surface area contributed by atoms with E-state index in [1.165, 1.54) is 0 Å². The number of rotatable bonds is 3. The molecule has 8 aromatic carbocycles. The van der Waals surface area contributed by atoms with Gasteiger partial charge in [0.05, 0.1) is 26.0 Å². The van der Waals surface area contributed by atoms with Crippen LogP contribution in [0, 0.1) is 0 Å². The van der Waals surface area contributed by atoms with Crippen LogP contribution in [-0.4, -0.2) is 0 Å². The lowest BCUT2D eigenvalue weighted by atomic mass is 9.85. The molecule has 0 unspecified atom stereocenters. The predicted molar refractivity (Wildman–Crippen MR) is 183 cm³/mol. The fraction of sp³-hybridized carbons (Fsp3) is 0. The average molecular weight is 566 g/mol. The maximum absolute atomic E-state index is 9.49. The van der Waals surface area contributed by atoms with Crippen LogP contribution in [-0.2, 0) is 0 Å². The van der Waals surface area contributed by atoms with Crippen LogP contribution in [0.2, 0.25) is 0 Å². The molecule has 0 N–H and O–H groups in total. The Morgan fingerprint density at radius 3 is 1.70 bits per heavy atom. The molecule has 43 heavy (non-hydrogen) atoms. The highest BCUT2D eigenvalue weighted by molar-refractivity contribution is 6.21. The molecule has 1 heteroatoms. The van der Waals surface area contributed by atoms with Crippen molar-refractivity contribution in [2.24, 2.45) is 0 Å². The lowest BCUT2D eigenvalue weighted by Gasteiger charge is -2.18. The van der Waals surface area contributed by atoms with E-state index < -0.39 is 169 Å². The molecule has 0 aliphatic heterocycles. The summed E-state index contributed by atoms with van der Waals surface area (Å²) in [5, 5.41) is -1.93. The second-order valence-electron chi connectivity index (χ2n) is 9.78. The summed E-state index contributed by atoms with van der Waals surface area (Å²) in [4.78, 5) is 0. The molecule has 0 spiro atoms. The van der Waals surface area contributed by atoms with Crippen molar-refractivity contribution in [1.29, 1.82) is 0 Å². The van der Waals surface area contributed by atoms with Gasteiger partial charge in [0, 0.05) is 16.3 Å². The quantitative estimate of drug-likeness (QED) is 0.194. The summed E-state index contributed by atoms with van der Waals surface area (Å²) in [6, 6.07) is -2.95. The van der Waals surface area contributed by atoms with Crippen molar-refractivity contribution in [1.82, 2.24) is 0 Å². The minimum Gasteiger partial charge on any atom is -0.455 e. The Balaban J connectivity index is 1.54. The molecular weight excluding hydrogens is 520 g/mol. The van der Waals surface area contributed by atoms with E-state index in [1.54, 1.807) is 36.4 Å². The predicted octanol–water partition coefficient (Wildman–Crippen LogP) is 12.0. The second kappa shape index (κ2) is 9.44. The Morgan fingerprint density at radius 1 is 0.419 bits per heavy atom. The zero-order valence-electron chi connectivity index (χ0n) is 40.9. The van der Waals surface area contributed by atoms with Crippen LogP contribution in [0.25, 0.3) is 87.6 Å². The number of benzene rings is 8. The van der Waals surface area contributed by atoms with Crippen molar-refractivity contribution in [3.63, 3.8) is 0 Å². The Kier molecular flexibility index (Phi) is 2.61. The molecular formula is C42H26O. The molecule has 0 bridgehead atoms. The van der Waals surface area contributed by atoms with Crippen LogP contribution in [0.15, 0.2) is 162 Å². The van der Waals surface area contributed by atoms with E-state index in [-0.39, 0.29) is 16.7 Å². The van der Waals surface area contributed by atoms with Gasteiger partial charge in [0.2, 0.25) is 0 Å². The normalized spacial score (nSPS) is 17.9. The van der Waals surface area contributed by atoms with Gasteiger partial charge in [-0.2, -0.15) is 0 Å². The van der Waals surface area contributed by atoms with Crippen molar-refractivity contribution in [2.45, 2.75) is 0 Å². The first-order valence-electron chi connectivity index (χ1n) is 22.7. The van der Waals surface area contributed by atoms with Crippen molar-refractivity contribution in [3.8, 4) is 33.4 Å². The summed E-state index contributed by atoms with van der Waals surface area (Å²) >= 11 is 0. The fourth-order valence-electron chi connectivity index (χ4n) is 5.55. The van der Waals surface area contributed by atoms with Crippen molar-refractivity contribution < 1.29 is 30.5 Å². The van der Waals surface area contributed by atoms with Crippen LogP contribution in [0.1, 0.15) is 26.0 Å². The molecule has 0 amide bonds. The van der Waals surface area contributed by atoms with Gasteiger partial charge < -0.3 is 4.42 Å². The molecule has 0 aliphatic carbocycles. The molecule has 9 aromatic rings. The number of hydrogen-bond donors (Lipinski definition) is 0. The minimum absolute atomic E-state index is 0.191. The first-order valence-corrected chi connectivity index (χ1v) is 13.2. The van der Waals surface area contributed by atoms with E-state index in [0.29, 0.717) is 11.0 Å². The van der Waals surface area contributed by atoms with Gasteiger partial charge in [-0.05, 0) is 72.2 Å². The van der Waals surface area contributed by atoms with Gasteiger partial charge in [0.1, 0.15) is 11.2 Å². The van der Waals surface area contributed by atoms with Gasteiger partial charge in [-0.25, -0.2) is 0 Å². The number of hydrogen-bond acceptors (Lipinski definition) is 1. The standard InChI is InChI=1S/C42H26O/c1-2-11-30-26-31(25-20-27(30)10-1)41-36-15-5-3-13-34(36)40(35-14-4-6-16-37(35)41)29-23-21-28(22-24-29)32-17-9-18-38-33-12-7-8-19-39(33)43-42(32)38/h1-26H/i1D,2D,3D,4D,5D,6D,10D,11D,13D,14D,15D,16D,20D,21D,22D,23D,24D,25D,26D. The lowest BCUT2D eigenvalue weighted by Crippen LogP contribution is -1.91. The van der Waals surface area contributed by atoms with Gasteiger partial charge >= 0.3 is 0 Å². The first-order chi connectivity index (χ1) is 29.3. The zero-order valence-corrected chi connectivity index (χ0v) is 21.9. The van der Waals surface area contributed by atoms with Gasteiger partial charge in [0.25, 0.3) is 0 Å².